The summed E-state index contributed by atoms with van der Waals surface area (Å²) in [6.07, 6.45) is 0. The van der Waals surface area contributed by atoms with Crippen LogP contribution in [0.15, 0.2) is 18.2 Å². The summed E-state index contributed by atoms with van der Waals surface area (Å²) in [6, 6.07) is 5.87. The topological polar surface area (TPSA) is 54.7 Å². The Kier molecular flexibility index (Phi) is 2.35. The van der Waals surface area contributed by atoms with Crippen LogP contribution in [0.5, 0.6) is 0 Å². The van der Waals surface area contributed by atoms with Crippen LogP contribution in [-0.2, 0) is 0 Å². The van der Waals surface area contributed by atoms with E-state index < -0.39 is 0 Å². The summed E-state index contributed by atoms with van der Waals surface area (Å²) >= 11 is 6.40. The molecule has 2 aromatic rings. The minimum absolute atomic E-state index is 0.668. The van der Waals surface area contributed by atoms with E-state index in [0.717, 1.165) is 21.8 Å². The highest BCUT2D eigenvalue weighted by Gasteiger charge is 2.06. The van der Waals surface area contributed by atoms with Crippen molar-refractivity contribution in [2.24, 2.45) is 0 Å². The zero-order valence-corrected chi connectivity index (χ0v) is 9.21. The van der Waals surface area contributed by atoms with Gasteiger partial charge in [0, 0.05) is 11.3 Å². The Morgan fingerprint density at radius 3 is 2.93 bits per heavy atom. The summed E-state index contributed by atoms with van der Waals surface area (Å²) in [5, 5.41) is 7.68. The first-order valence-corrected chi connectivity index (χ1v) is 5.31. The van der Waals surface area contributed by atoms with E-state index in [0.29, 0.717) is 3.95 Å². The van der Waals surface area contributed by atoms with Gasteiger partial charge in [0.25, 0.3) is 0 Å². The number of nitrogens with zero attached hydrogens (tertiary/aromatic N) is 1. The van der Waals surface area contributed by atoms with Gasteiger partial charge in [0.1, 0.15) is 5.01 Å². The van der Waals surface area contributed by atoms with Gasteiger partial charge in [-0.2, -0.15) is 5.10 Å². The highest BCUT2D eigenvalue weighted by molar-refractivity contribution is 7.73. The molecule has 0 unspecified atom stereocenters. The molecule has 1 aromatic heterocycles. The molecule has 0 aliphatic carbocycles. The SMILES string of the molecule is Cc1ccc(N)c(-c2n[nH]c(=S)s2)c1. The fraction of sp³-hybridized carbons (Fsp3) is 0.111. The van der Waals surface area contributed by atoms with Crippen LogP contribution in [0.3, 0.4) is 0 Å². The quantitative estimate of drug-likeness (QED) is 0.577. The van der Waals surface area contributed by atoms with Crippen LogP contribution in [0.1, 0.15) is 5.56 Å². The second kappa shape index (κ2) is 3.51. The van der Waals surface area contributed by atoms with Crippen molar-refractivity contribution in [1.82, 2.24) is 10.2 Å². The maximum atomic E-state index is 5.85. The first kappa shape index (κ1) is 9.36. The van der Waals surface area contributed by atoms with E-state index in [4.69, 9.17) is 18.0 Å². The zero-order valence-electron chi connectivity index (χ0n) is 7.57. The minimum atomic E-state index is 0.668. The van der Waals surface area contributed by atoms with Gasteiger partial charge >= 0.3 is 0 Å². The molecule has 0 aliphatic heterocycles. The third-order valence-electron chi connectivity index (χ3n) is 1.88. The first-order valence-electron chi connectivity index (χ1n) is 4.09. The van der Waals surface area contributed by atoms with E-state index in [9.17, 15) is 0 Å². The summed E-state index contributed by atoms with van der Waals surface area (Å²) in [5.74, 6) is 0. The molecular formula is C9H9N3S2. The van der Waals surface area contributed by atoms with E-state index in [2.05, 4.69) is 10.2 Å². The van der Waals surface area contributed by atoms with Gasteiger partial charge in [-0.05, 0) is 31.3 Å². The van der Waals surface area contributed by atoms with Crippen molar-refractivity contribution in [3.63, 3.8) is 0 Å². The Hall–Kier alpha value is -1.20. The van der Waals surface area contributed by atoms with Crippen molar-refractivity contribution in [3.8, 4) is 10.6 Å². The molecule has 0 amide bonds. The number of benzene rings is 1. The van der Waals surface area contributed by atoms with E-state index in [1.54, 1.807) is 0 Å². The van der Waals surface area contributed by atoms with Crippen LogP contribution < -0.4 is 5.73 Å². The van der Waals surface area contributed by atoms with Crippen LogP contribution in [-0.4, -0.2) is 10.2 Å². The minimum Gasteiger partial charge on any atom is -0.398 e. The molecule has 0 saturated carbocycles. The highest BCUT2D eigenvalue weighted by Crippen LogP contribution is 2.28. The van der Waals surface area contributed by atoms with Crippen LogP contribution in [0.25, 0.3) is 10.6 Å². The fourth-order valence-electron chi connectivity index (χ4n) is 1.20. The number of aromatic nitrogens is 2. The monoisotopic (exact) mass is 223 g/mol. The lowest BCUT2D eigenvalue weighted by Crippen LogP contribution is -1.90. The molecule has 0 radical (unpaired) electrons. The van der Waals surface area contributed by atoms with Crippen molar-refractivity contribution < 1.29 is 0 Å². The number of H-pyrrole nitrogens is 1. The molecule has 0 fully saturated rings. The standard InChI is InChI=1S/C9H9N3S2/c1-5-2-3-7(10)6(4-5)8-11-12-9(13)14-8/h2-4H,10H2,1H3,(H,12,13). The number of nitrogens with two attached hydrogens (primary N) is 1. The molecule has 0 aliphatic rings. The molecule has 1 heterocycles. The molecule has 14 heavy (non-hydrogen) atoms. The Labute approximate surface area is 90.6 Å². The average molecular weight is 223 g/mol. The number of aryl methyl sites for hydroxylation is 1. The zero-order chi connectivity index (χ0) is 10.1. The van der Waals surface area contributed by atoms with Crippen LogP contribution in [0.2, 0.25) is 0 Å². The maximum absolute atomic E-state index is 5.85. The van der Waals surface area contributed by atoms with Gasteiger partial charge in [0.2, 0.25) is 0 Å². The van der Waals surface area contributed by atoms with E-state index in [1.807, 2.05) is 25.1 Å². The predicted octanol–water partition coefficient (Wildman–Crippen LogP) is 2.76. The molecule has 0 bridgehead atoms. The summed E-state index contributed by atoms with van der Waals surface area (Å²) in [4.78, 5) is 0. The van der Waals surface area contributed by atoms with Gasteiger partial charge in [0.05, 0.1) is 0 Å². The number of anilines is 1. The maximum Gasteiger partial charge on any atom is 0.176 e. The number of nitrogen functional groups attached to an aromatic ring is 1. The summed E-state index contributed by atoms with van der Waals surface area (Å²) in [7, 11) is 0. The highest BCUT2D eigenvalue weighted by atomic mass is 32.1. The first-order chi connectivity index (χ1) is 6.66. The average Bonchev–Trinajstić information content (AvgIpc) is 2.56. The number of nitrogens with one attached hydrogen (secondary N) is 1. The fourth-order valence-corrected chi connectivity index (χ4v) is 2.13. The third-order valence-corrected chi connectivity index (χ3v) is 3.00. The van der Waals surface area contributed by atoms with Gasteiger partial charge in [0.15, 0.2) is 3.95 Å². The van der Waals surface area contributed by atoms with Crippen molar-refractivity contribution in [2.75, 3.05) is 5.73 Å². The molecule has 1 aromatic carbocycles. The lowest BCUT2D eigenvalue weighted by atomic mass is 10.1. The number of aromatic amines is 1. The normalized spacial score (nSPS) is 10.4. The van der Waals surface area contributed by atoms with Crippen LogP contribution >= 0.6 is 23.6 Å². The molecule has 72 valence electrons. The Morgan fingerprint density at radius 2 is 2.29 bits per heavy atom. The summed E-state index contributed by atoms with van der Waals surface area (Å²) in [6.45, 7) is 2.02. The molecule has 3 nitrogen and oxygen atoms in total. The summed E-state index contributed by atoms with van der Waals surface area (Å²) < 4.78 is 0.668. The lowest BCUT2D eigenvalue weighted by molar-refractivity contribution is 1.08. The molecule has 0 spiro atoms. The second-order valence-corrected chi connectivity index (χ2v) is 4.67. The van der Waals surface area contributed by atoms with E-state index >= 15 is 0 Å². The Morgan fingerprint density at radius 1 is 1.50 bits per heavy atom. The largest absolute Gasteiger partial charge is 0.398 e. The number of hydrogen-bond donors (Lipinski definition) is 2. The molecule has 3 N–H and O–H groups in total. The van der Waals surface area contributed by atoms with Crippen molar-refractivity contribution >= 4 is 29.2 Å². The van der Waals surface area contributed by atoms with Gasteiger partial charge in [-0.3, -0.25) is 5.10 Å². The van der Waals surface area contributed by atoms with Crippen molar-refractivity contribution in [1.29, 1.82) is 0 Å². The molecule has 5 heteroatoms. The number of rotatable bonds is 1. The summed E-state index contributed by atoms with van der Waals surface area (Å²) in [5.41, 5.74) is 8.69. The Bertz CT molecular complexity index is 513. The smallest absolute Gasteiger partial charge is 0.176 e. The molecule has 0 atom stereocenters. The van der Waals surface area contributed by atoms with Gasteiger partial charge in [-0.1, -0.05) is 23.0 Å². The van der Waals surface area contributed by atoms with Gasteiger partial charge < -0.3 is 5.73 Å². The van der Waals surface area contributed by atoms with Crippen molar-refractivity contribution in [2.45, 2.75) is 6.92 Å². The molecular weight excluding hydrogens is 214 g/mol. The molecule has 0 saturated heterocycles. The lowest BCUT2D eigenvalue weighted by Gasteiger charge is -2.01. The predicted molar refractivity (Wildman–Crippen MR) is 61.9 cm³/mol. The van der Waals surface area contributed by atoms with Gasteiger partial charge in [-0.25, -0.2) is 0 Å². The Balaban J connectivity index is 2.61. The molecule has 2 rings (SSSR count). The number of hydrogen-bond acceptors (Lipinski definition) is 4. The van der Waals surface area contributed by atoms with E-state index in [-0.39, 0.29) is 0 Å². The second-order valence-electron chi connectivity index (χ2n) is 3.01. The van der Waals surface area contributed by atoms with Gasteiger partial charge in [-0.15, -0.1) is 0 Å². The van der Waals surface area contributed by atoms with Crippen LogP contribution in [0, 0.1) is 10.9 Å². The van der Waals surface area contributed by atoms with Crippen LogP contribution in [0.4, 0.5) is 5.69 Å². The van der Waals surface area contributed by atoms with Crippen molar-refractivity contribution in [3.05, 3.63) is 27.7 Å². The third kappa shape index (κ3) is 1.69. The van der Waals surface area contributed by atoms with E-state index in [1.165, 1.54) is 11.3 Å².